The zero-order valence-electron chi connectivity index (χ0n) is 17.3. The van der Waals surface area contributed by atoms with E-state index >= 15 is 0 Å². The van der Waals surface area contributed by atoms with Crippen LogP contribution >= 0.6 is 11.7 Å². The van der Waals surface area contributed by atoms with Gasteiger partial charge in [0, 0.05) is 32.4 Å². The maximum absolute atomic E-state index is 13.2. The fourth-order valence-corrected chi connectivity index (χ4v) is 5.70. The van der Waals surface area contributed by atoms with Gasteiger partial charge in [0.05, 0.1) is 11.7 Å². The SMILES string of the molecule is CC(C)[C@@H](NS(=O)(=O)c1cccc2nsnc12)C(=O)N1CCN(c2ccccn2)CC1. The molecule has 1 aliphatic heterocycles. The summed E-state index contributed by atoms with van der Waals surface area (Å²) >= 11 is 0.959. The van der Waals surface area contributed by atoms with E-state index in [0.29, 0.717) is 37.2 Å². The molecule has 1 saturated heterocycles. The largest absolute Gasteiger partial charge is 0.353 e. The van der Waals surface area contributed by atoms with Crippen molar-refractivity contribution in [3.05, 3.63) is 42.6 Å². The zero-order valence-corrected chi connectivity index (χ0v) is 18.9. The lowest BCUT2D eigenvalue weighted by molar-refractivity contribution is -0.134. The van der Waals surface area contributed by atoms with Gasteiger partial charge in [0.25, 0.3) is 0 Å². The molecule has 2 aromatic heterocycles. The Hall–Kier alpha value is -2.63. The van der Waals surface area contributed by atoms with E-state index in [2.05, 4.69) is 23.4 Å². The number of hydrogen-bond acceptors (Lipinski definition) is 8. The van der Waals surface area contributed by atoms with Gasteiger partial charge in [-0.15, -0.1) is 0 Å². The maximum Gasteiger partial charge on any atom is 0.243 e. The number of aromatic nitrogens is 3. The Labute approximate surface area is 185 Å². The number of carbonyl (C=O) groups excluding carboxylic acids is 1. The molecule has 1 atom stereocenters. The minimum atomic E-state index is -3.95. The van der Waals surface area contributed by atoms with Gasteiger partial charge in [0.15, 0.2) is 0 Å². The van der Waals surface area contributed by atoms with Crippen molar-refractivity contribution in [2.75, 3.05) is 31.1 Å². The number of nitrogens with one attached hydrogen (secondary N) is 1. The molecule has 1 N–H and O–H groups in total. The molecule has 0 saturated carbocycles. The van der Waals surface area contributed by atoms with Crippen LogP contribution in [0.1, 0.15) is 13.8 Å². The van der Waals surface area contributed by atoms with Crippen molar-refractivity contribution in [1.29, 1.82) is 0 Å². The highest BCUT2D eigenvalue weighted by Gasteiger charge is 2.34. The summed E-state index contributed by atoms with van der Waals surface area (Å²) in [5, 5.41) is 0. The first-order chi connectivity index (χ1) is 14.9. The van der Waals surface area contributed by atoms with Crippen molar-refractivity contribution < 1.29 is 13.2 Å². The lowest BCUT2D eigenvalue weighted by Crippen LogP contribution is -2.56. The number of piperazine rings is 1. The van der Waals surface area contributed by atoms with Crippen LogP contribution in [0, 0.1) is 5.92 Å². The molecule has 0 spiro atoms. The molecule has 0 bridgehead atoms. The number of rotatable bonds is 6. The number of carbonyl (C=O) groups is 1. The van der Waals surface area contributed by atoms with E-state index in [1.807, 2.05) is 32.0 Å². The number of pyridine rings is 1. The number of hydrogen-bond donors (Lipinski definition) is 1. The molecule has 1 amide bonds. The molecule has 3 aromatic rings. The maximum atomic E-state index is 13.2. The van der Waals surface area contributed by atoms with Crippen LogP contribution in [0.15, 0.2) is 47.5 Å². The summed E-state index contributed by atoms with van der Waals surface area (Å²) in [5.74, 6) is 0.437. The summed E-state index contributed by atoms with van der Waals surface area (Å²) in [6.45, 7) is 5.96. The minimum absolute atomic E-state index is 0.0390. The first-order valence-corrected chi connectivity index (χ1v) is 12.3. The normalized spacial score (nSPS) is 16.1. The van der Waals surface area contributed by atoms with Gasteiger partial charge in [-0.3, -0.25) is 4.79 Å². The van der Waals surface area contributed by atoms with Gasteiger partial charge in [-0.05, 0) is 30.2 Å². The average Bonchev–Trinajstić information content (AvgIpc) is 3.26. The first-order valence-electron chi connectivity index (χ1n) is 10.1. The third kappa shape index (κ3) is 4.53. The van der Waals surface area contributed by atoms with Crippen molar-refractivity contribution in [1.82, 2.24) is 23.4 Å². The Morgan fingerprint density at radius 3 is 2.52 bits per heavy atom. The van der Waals surface area contributed by atoms with Gasteiger partial charge in [0.2, 0.25) is 15.9 Å². The van der Waals surface area contributed by atoms with Crippen LogP contribution in [-0.2, 0) is 14.8 Å². The Kier molecular flexibility index (Phi) is 6.17. The molecule has 0 radical (unpaired) electrons. The predicted octanol–water partition coefficient (Wildman–Crippen LogP) is 1.74. The van der Waals surface area contributed by atoms with E-state index in [1.54, 1.807) is 23.2 Å². The fourth-order valence-electron chi connectivity index (χ4n) is 3.59. The van der Waals surface area contributed by atoms with Crippen LogP contribution in [0.5, 0.6) is 0 Å². The quantitative estimate of drug-likeness (QED) is 0.597. The Bertz CT molecular complexity index is 1160. The molecule has 1 aliphatic rings. The summed E-state index contributed by atoms with van der Waals surface area (Å²) in [6, 6.07) is 9.70. The summed E-state index contributed by atoms with van der Waals surface area (Å²) in [5.41, 5.74) is 0.838. The van der Waals surface area contributed by atoms with Crippen LogP contribution in [0.25, 0.3) is 11.0 Å². The molecule has 31 heavy (non-hydrogen) atoms. The second-order valence-electron chi connectivity index (χ2n) is 7.73. The minimum Gasteiger partial charge on any atom is -0.353 e. The molecule has 164 valence electrons. The molecular weight excluding hydrogens is 436 g/mol. The van der Waals surface area contributed by atoms with Crippen LogP contribution in [0.3, 0.4) is 0 Å². The van der Waals surface area contributed by atoms with E-state index in [4.69, 9.17) is 0 Å². The molecule has 1 fully saturated rings. The van der Waals surface area contributed by atoms with Crippen LogP contribution in [-0.4, -0.2) is 65.2 Å². The molecule has 9 nitrogen and oxygen atoms in total. The predicted molar refractivity (Wildman–Crippen MR) is 119 cm³/mol. The van der Waals surface area contributed by atoms with Gasteiger partial charge in [-0.1, -0.05) is 26.0 Å². The fraction of sp³-hybridized carbons (Fsp3) is 0.400. The van der Waals surface area contributed by atoms with E-state index in [-0.39, 0.29) is 16.7 Å². The second-order valence-corrected chi connectivity index (χ2v) is 9.94. The summed E-state index contributed by atoms with van der Waals surface area (Å²) in [7, 11) is -3.95. The topological polar surface area (TPSA) is 108 Å². The van der Waals surface area contributed by atoms with Crippen molar-refractivity contribution >= 4 is 44.5 Å². The highest BCUT2D eigenvalue weighted by Crippen LogP contribution is 2.22. The molecule has 4 rings (SSSR count). The molecule has 1 aromatic carbocycles. The Morgan fingerprint density at radius 2 is 1.84 bits per heavy atom. The molecular formula is C20H24N6O3S2. The molecule has 0 unspecified atom stereocenters. The van der Waals surface area contributed by atoms with Crippen LogP contribution in [0.2, 0.25) is 0 Å². The van der Waals surface area contributed by atoms with Crippen molar-refractivity contribution in [3.63, 3.8) is 0 Å². The third-order valence-corrected chi connectivity index (χ3v) is 7.33. The number of sulfonamides is 1. The highest BCUT2D eigenvalue weighted by molar-refractivity contribution is 7.89. The molecule has 3 heterocycles. The summed E-state index contributed by atoms with van der Waals surface area (Å²) in [6.07, 6.45) is 1.74. The van der Waals surface area contributed by atoms with Gasteiger partial charge >= 0.3 is 0 Å². The van der Waals surface area contributed by atoms with E-state index in [1.165, 1.54) is 6.07 Å². The van der Waals surface area contributed by atoms with Gasteiger partial charge in [-0.25, -0.2) is 13.4 Å². The number of benzene rings is 1. The average molecular weight is 461 g/mol. The van der Waals surface area contributed by atoms with Crippen molar-refractivity contribution in [3.8, 4) is 0 Å². The lowest BCUT2D eigenvalue weighted by atomic mass is 10.0. The Morgan fingerprint density at radius 1 is 1.06 bits per heavy atom. The van der Waals surface area contributed by atoms with E-state index in [9.17, 15) is 13.2 Å². The first kappa shape index (κ1) is 21.6. The third-order valence-electron chi connectivity index (χ3n) is 5.32. The number of nitrogens with zero attached hydrogens (tertiary/aromatic N) is 5. The highest BCUT2D eigenvalue weighted by atomic mass is 32.2. The summed E-state index contributed by atoms with van der Waals surface area (Å²) in [4.78, 5) is 21.5. The molecule has 11 heteroatoms. The number of anilines is 1. The molecule has 0 aliphatic carbocycles. The number of amides is 1. The number of fused-ring (bicyclic) bond motifs is 1. The standard InChI is InChI=1S/C20H24N6O3S2/c1-14(2)18(24-31(28,29)16-7-5-6-15-19(16)23-30-22-15)20(27)26-12-10-25(11-13-26)17-8-3-4-9-21-17/h3-9,14,18,24H,10-13H2,1-2H3/t18-/m1/s1. The van der Waals surface area contributed by atoms with E-state index in [0.717, 1.165) is 17.5 Å². The van der Waals surface area contributed by atoms with Crippen molar-refractivity contribution in [2.45, 2.75) is 24.8 Å². The van der Waals surface area contributed by atoms with Crippen LogP contribution in [0.4, 0.5) is 5.82 Å². The van der Waals surface area contributed by atoms with E-state index < -0.39 is 16.1 Å². The monoisotopic (exact) mass is 460 g/mol. The zero-order chi connectivity index (χ0) is 22.0. The second kappa shape index (κ2) is 8.85. The van der Waals surface area contributed by atoms with Gasteiger partial charge in [0.1, 0.15) is 27.8 Å². The van der Waals surface area contributed by atoms with Gasteiger partial charge in [-0.2, -0.15) is 13.5 Å². The smallest absolute Gasteiger partial charge is 0.243 e. The van der Waals surface area contributed by atoms with Gasteiger partial charge < -0.3 is 9.80 Å². The summed E-state index contributed by atoms with van der Waals surface area (Å²) < 4.78 is 37.1. The lowest BCUT2D eigenvalue weighted by Gasteiger charge is -2.37. The Balaban J connectivity index is 1.49. The van der Waals surface area contributed by atoms with Crippen molar-refractivity contribution in [2.24, 2.45) is 5.92 Å². The van der Waals surface area contributed by atoms with Crippen LogP contribution < -0.4 is 9.62 Å².